The molecule has 3 atom stereocenters. The van der Waals surface area contributed by atoms with E-state index in [1.807, 2.05) is 51.1 Å². The van der Waals surface area contributed by atoms with E-state index in [0.29, 0.717) is 30.9 Å². The number of aromatic nitrogens is 2. The van der Waals surface area contributed by atoms with Crippen molar-refractivity contribution in [3.63, 3.8) is 0 Å². The van der Waals surface area contributed by atoms with Crippen LogP contribution in [0.25, 0.3) is 0 Å². The molecule has 1 aromatic carbocycles. The fourth-order valence-corrected chi connectivity index (χ4v) is 4.02. The highest BCUT2D eigenvalue weighted by Gasteiger charge is 2.43. The molecule has 0 bridgehead atoms. The summed E-state index contributed by atoms with van der Waals surface area (Å²) < 4.78 is 0. The quantitative estimate of drug-likeness (QED) is 0.504. The summed E-state index contributed by atoms with van der Waals surface area (Å²) >= 11 is 0. The lowest BCUT2D eigenvalue weighted by atomic mass is 9.85. The SMILES string of the molecule is CC(=O)N[C@H](C(=O)N1C[C@H](O)C[C@H]1c1ncc(C(=O)NCCc2ccccc2)[nH]1)C(C)(C)C. The molecule has 0 unspecified atom stereocenters. The number of hydrogen-bond acceptors (Lipinski definition) is 5. The highest BCUT2D eigenvalue weighted by Crippen LogP contribution is 2.33. The van der Waals surface area contributed by atoms with E-state index in [0.717, 1.165) is 5.56 Å². The van der Waals surface area contributed by atoms with Crippen LogP contribution >= 0.6 is 0 Å². The molecule has 3 rings (SSSR count). The number of likely N-dealkylation sites (tertiary alicyclic amines) is 1. The zero-order valence-electron chi connectivity index (χ0n) is 19.6. The first-order chi connectivity index (χ1) is 15.6. The first-order valence-electron chi connectivity index (χ1n) is 11.2. The number of carbonyl (C=O) groups excluding carboxylic acids is 3. The summed E-state index contributed by atoms with van der Waals surface area (Å²) in [5.74, 6) is -0.438. The monoisotopic (exact) mass is 455 g/mol. The number of nitrogens with zero attached hydrogens (tertiary/aromatic N) is 2. The normalized spacial score (nSPS) is 19.2. The van der Waals surface area contributed by atoms with Gasteiger partial charge in [-0.2, -0.15) is 0 Å². The van der Waals surface area contributed by atoms with Crippen LogP contribution in [0, 0.1) is 5.41 Å². The number of benzene rings is 1. The Hall–Kier alpha value is -3.20. The predicted octanol–water partition coefficient (Wildman–Crippen LogP) is 1.57. The number of β-amino-alcohol motifs (C(OH)–C–C–N with tert-alkyl or cyclic N) is 1. The molecule has 9 heteroatoms. The van der Waals surface area contributed by atoms with Gasteiger partial charge in [-0.3, -0.25) is 14.4 Å². The van der Waals surface area contributed by atoms with Gasteiger partial charge in [0.2, 0.25) is 11.8 Å². The van der Waals surface area contributed by atoms with Gasteiger partial charge in [-0.05, 0) is 17.4 Å². The number of carbonyl (C=O) groups is 3. The lowest BCUT2D eigenvalue weighted by Gasteiger charge is -2.35. The lowest BCUT2D eigenvalue weighted by molar-refractivity contribution is -0.140. The second-order valence-corrected chi connectivity index (χ2v) is 9.57. The summed E-state index contributed by atoms with van der Waals surface area (Å²) in [5, 5.41) is 15.9. The van der Waals surface area contributed by atoms with E-state index in [1.54, 1.807) is 0 Å². The summed E-state index contributed by atoms with van der Waals surface area (Å²) in [7, 11) is 0. The van der Waals surface area contributed by atoms with Crippen molar-refractivity contribution in [2.45, 2.75) is 58.7 Å². The molecule has 1 fully saturated rings. The van der Waals surface area contributed by atoms with E-state index in [9.17, 15) is 19.5 Å². The number of aliphatic hydroxyl groups excluding tert-OH is 1. The van der Waals surface area contributed by atoms with Crippen molar-refractivity contribution < 1.29 is 19.5 Å². The number of rotatable bonds is 7. The molecule has 0 radical (unpaired) electrons. The van der Waals surface area contributed by atoms with E-state index >= 15 is 0 Å². The molecule has 33 heavy (non-hydrogen) atoms. The molecule has 2 heterocycles. The van der Waals surface area contributed by atoms with Crippen LogP contribution in [-0.2, 0) is 16.0 Å². The van der Waals surface area contributed by atoms with Crippen molar-refractivity contribution in [2.75, 3.05) is 13.1 Å². The summed E-state index contributed by atoms with van der Waals surface area (Å²) in [5.41, 5.74) is 0.902. The Kier molecular flexibility index (Phi) is 7.53. The largest absolute Gasteiger partial charge is 0.391 e. The lowest BCUT2D eigenvalue weighted by Crippen LogP contribution is -2.54. The number of H-pyrrole nitrogens is 1. The van der Waals surface area contributed by atoms with Gasteiger partial charge in [0.05, 0.1) is 18.3 Å². The van der Waals surface area contributed by atoms with Crippen LogP contribution in [-0.4, -0.2) is 62.9 Å². The summed E-state index contributed by atoms with van der Waals surface area (Å²) in [6.07, 6.45) is 1.73. The molecule has 178 valence electrons. The number of amides is 3. The Labute approximate surface area is 194 Å². The van der Waals surface area contributed by atoms with Crippen LogP contribution in [0.15, 0.2) is 36.5 Å². The third-order valence-electron chi connectivity index (χ3n) is 5.72. The van der Waals surface area contributed by atoms with Crippen LogP contribution in [0.3, 0.4) is 0 Å². The van der Waals surface area contributed by atoms with Crippen molar-refractivity contribution in [3.8, 4) is 0 Å². The van der Waals surface area contributed by atoms with Crippen molar-refractivity contribution in [3.05, 3.63) is 53.6 Å². The van der Waals surface area contributed by atoms with Gasteiger partial charge < -0.3 is 25.6 Å². The molecule has 1 aliphatic heterocycles. The molecule has 0 spiro atoms. The molecule has 4 N–H and O–H groups in total. The van der Waals surface area contributed by atoms with Crippen LogP contribution in [0.5, 0.6) is 0 Å². The smallest absolute Gasteiger partial charge is 0.269 e. The van der Waals surface area contributed by atoms with Crippen LogP contribution in [0.4, 0.5) is 0 Å². The van der Waals surface area contributed by atoms with Crippen molar-refractivity contribution in [1.82, 2.24) is 25.5 Å². The molecule has 1 aromatic heterocycles. The number of nitrogens with one attached hydrogen (secondary N) is 3. The molecule has 2 aromatic rings. The Morgan fingerprint density at radius 3 is 2.58 bits per heavy atom. The zero-order valence-corrected chi connectivity index (χ0v) is 19.6. The fraction of sp³-hybridized carbons (Fsp3) is 0.500. The molecule has 3 amide bonds. The van der Waals surface area contributed by atoms with E-state index in [2.05, 4.69) is 20.6 Å². The van der Waals surface area contributed by atoms with Crippen LogP contribution < -0.4 is 10.6 Å². The third-order valence-corrected chi connectivity index (χ3v) is 5.72. The first-order valence-corrected chi connectivity index (χ1v) is 11.2. The second-order valence-electron chi connectivity index (χ2n) is 9.57. The summed E-state index contributed by atoms with van der Waals surface area (Å²) in [6.45, 7) is 7.60. The van der Waals surface area contributed by atoms with Crippen molar-refractivity contribution >= 4 is 17.7 Å². The summed E-state index contributed by atoms with van der Waals surface area (Å²) in [4.78, 5) is 46.5. The minimum atomic E-state index is -0.751. The van der Waals surface area contributed by atoms with Crippen molar-refractivity contribution in [2.24, 2.45) is 5.41 Å². The standard InChI is InChI=1S/C24H33N5O4/c1-15(30)27-20(24(2,3)4)23(33)29-14-17(31)12-19(29)21-26-13-18(28-21)22(32)25-11-10-16-8-6-5-7-9-16/h5-9,13,17,19-20,31H,10-12,14H2,1-4H3,(H,25,32)(H,26,28)(H,27,30)/t17-,19+,20-/m1/s1. The number of hydrogen-bond donors (Lipinski definition) is 4. The minimum absolute atomic E-state index is 0.134. The fourth-order valence-electron chi connectivity index (χ4n) is 4.02. The van der Waals surface area contributed by atoms with Crippen LogP contribution in [0.1, 0.15) is 62.0 Å². The Bertz CT molecular complexity index is 982. The van der Waals surface area contributed by atoms with Gasteiger partial charge in [-0.1, -0.05) is 51.1 Å². The third kappa shape index (κ3) is 6.19. The maximum atomic E-state index is 13.4. The molecule has 0 saturated carbocycles. The van der Waals surface area contributed by atoms with E-state index in [1.165, 1.54) is 18.0 Å². The zero-order chi connectivity index (χ0) is 24.2. The van der Waals surface area contributed by atoms with Crippen LogP contribution in [0.2, 0.25) is 0 Å². The first kappa shape index (κ1) is 24.4. The Morgan fingerprint density at radius 2 is 1.94 bits per heavy atom. The van der Waals surface area contributed by atoms with Gasteiger partial charge in [-0.15, -0.1) is 0 Å². The topological polar surface area (TPSA) is 127 Å². The van der Waals surface area contributed by atoms with Gasteiger partial charge in [0, 0.05) is 26.4 Å². The highest BCUT2D eigenvalue weighted by molar-refractivity contribution is 5.92. The van der Waals surface area contributed by atoms with E-state index < -0.39 is 23.6 Å². The maximum absolute atomic E-state index is 13.4. The minimum Gasteiger partial charge on any atom is -0.391 e. The molecular formula is C24H33N5O4. The van der Waals surface area contributed by atoms with E-state index in [4.69, 9.17) is 0 Å². The number of imidazole rings is 1. The average Bonchev–Trinajstić information content (AvgIpc) is 3.38. The maximum Gasteiger partial charge on any atom is 0.269 e. The van der Waals surface area contributed by atoms with Gasteiger partial charge in [0.15, 0.2) is 0 Å². The van der Waals surface area contributed by atoms with Gasteiger partial charge in [0.1, 0.15) is 17.6 Å². The number of aromatic amines is 1. The Balaban J connectivity index is 1.69. The molecule has 1 aliphatic rings. The second kappa shape index (κ2) is 10.2. The average molecular weight is 456 g/mol. The highest BCUT2D eigenvalue weighted by atomic mass is 16.3. The molecular weight excluding hydrogens is 422 g/mol. The van der Waals surface area contributed by atoms with Gasteiger partial charge >= 0.3 is 0 Å². The van der Waals surface area contributed by atoms with Gasteiger partial charge in [0.25, 0.3) is 5.91 Å². The molecule has 1 saturated heterocycles. The Morgan fingerprint density at radius 1 is 1.24 bits per heavy atom. The van der Waals surface area contributed by atoms with E-state index in [-0.39, 0.29) is 24.3 Å². The molecule has 0 aliphatic carbocycles. The van der Waals surface area contributed by atoms with Gasteiger partial charge in [-0.25, -0.2) is 4.98 Å². The van der Waals surface area contributed by atoms with Crippen molar-refractivity contribution in [1.29, 1.82) is 0 Å². The predicted molar refractivity (Wildman–Crippen MR) is 123 cm³/mol. The summed E-state index contributed by atoms with van der Waals surface area (Å²) in [6, 6.07) is 8.60. The molecule has 9 nitrogen and oxygen atoms in total. The number of aliphatic hydroxyl groups is 1.